The predicted octanol–water partition coefficient (Wildman–Crippen LogP) is 0.903. The Morgan fingerprint density at radius 1 is 1.06 bits per heavy atom. The molecule has 0 saturated heterocycles. The minimum absolute atomic E-state index is 0.105. The highest BCUT2D eigenvalue weighted by Crippen LogP contribution is 2.13. The molecule has 1 aromatic carbocycles. The van der Waals surface area contributed by atoms with Crippen LogP contribution in [0.25, 0.3) is 0 Å². The number of aliphatic carboxylic acids is 2. The van der Waals surface area contributed by atoms with Crippen molar-refractivity contribution >= 4 is 23.4 Å². The molecule has 0 aliphatic carbocycles. The molecule has 2 rings (SSSR count). The molecule has 35 heavy (non-hydrogen) atoms. The lowest BCUT2D eigenvalue weighted by Gasteiger charge is -2.27. The van der Waals surface area contributed by atoms with E-state index >= 15 is 0 Å². The van der Waals surface area contributed by atoms with Crippen molar-refractivity contribution in [1.82, 2.24) is 14.0 Å². The number of nitrogens with zero attached hydrogens (tertiary/aromatic N) is 4. The Morgan fingerprint density at radius 3 is 2.11 bits per heavy atom. The molecule has 192 valence electrons. The van der Waals surface area contributed by atoms with Crippen molar-refractivity contribution < 1.29 is 24.7 Å². The third-order valence-electron chi connectivity index (χ3n) is 5.20. The van der Waals surface area contributed by atoms with Crippen LogP contribution < -0.4 is 16.6 Å². The Balaban J connectivity index is 0.000000905. The van der Waals surface area contributed by atoms with Crippen molar-refractivity contribution in [3.05, 3.63) is 66.8 Å². The first kappa shape index (κ1) is 29.0. The topological polar surface area (TPSA) is 177 Å². The van der Waals surface area contributed by atoms with Gasteiger partial charge in [-0.05, 0) is 38.8 Å². The Labute approximate surface area is 201 Å². The van der Waals surface area contributed by atoms with Gasteiger partial charge < -0.3 is 15.5 Å². The molecule has 0 aliphatic heterocycles. The highest BCUT2D eigenvalue weighted by Gasteiger charge is 2.11. The zero-order chi connectivity index (χ0) is 26.7. The Bertz CT molecular complexity index is 1130. The van der Waals surface area contributed by atoms with Gasteiger partial charge in [0, 0.05) is 51.4 Å². The van der Waals surface area contributed by atoms with Crippen LogP contribution in [0, 0.1) is 10.1 Å². The number of rotatable bonds is 10. The monoisotopic (exact) mass is 493 g/mol. The van der Waals surface area contributed by atoms with Crippen LogP contribution in [0.1, 0.15) is 25.8 Å². The van der Waals surface area contributed by atoms with E-state index in [1.807, 2.05) is 0 Å². The fourth-order valence-electron chi connectivity index (χ4n) is 3.13. The summed E-state index contributed by atoms with van der Waals surface area (Å²) in [6, 6.07) is 8.45. The maximum Gasteiger partial charge on any atom is 0.414 e. The zero-order valence-electron chi connectivity index (χ0n) is 20.1. The summed E-state index contributed by atoms with van der Waals surface area (Å²) in [4.78, 5) is 54.6. The first-order valence-corrected chi connectivity index (χ1v) is 10.8. The second kappa shape index (κ2) is 13.6. The number of carbonyl (C=O) groups is 2. The van der Waals surface area contributed by atoms with Gasteiger partial charge >= 0.3 is 17.6 Å². The van der Waals surface area contributed by atoms with Crippen LogP contribution in [0.3, 0.4) is 0 Å². The van der Waals surface area contributed by atoms with Gasteiger partial charge in [0.1, 0.15) is 5.82 Å². The smallest absolute Gasteiger partial charge is 0.414 e. The number of hydrogen-bond donors (Lipinski definition) is 3. The van der Waals surface area contributed by atoms with Crippen molar-refractivity contribution in [2.75, 3.05) is 25.0 Å². The predicted molar refractivity (Wildman–Crippen MR) is 129 cm³/mol. The Kier molecular flexibility index (Phi) is 11.3. The third kappa shape index (κ3) is 9.41. The average molecular weight is 494 g/mol. The van der Waals surface area contributed by atoms with Crippen LogP contribution >= 0.6 is 0 Å². The van der Waals surface area contributed by atoms with E-state index in [4.69, 9.17) is 19.8 Å². The van der Waals surface area contributed by atoms with Gasteiger partial charge in [-0.2, -0.15) is 0 Å². The second-order valence-corrected chi connectivity index (χ2v) is 7.96. The fourth-order valence-corrected chi connectivity index (χ4v) is 3.13. The van der Waals surface area contributed by atoms with Crippen molar-refractivity contribution in [2.24, 2.45) is 14.1 Å². The minimum atomic E-state index is -1.82. The standard InChI is InChI=1S/C20H29N5O4.C2H2O4/c1-15(2)24(12-5-6-16-7-9-17(10-8-16)25(28)29)13-11-21-18-14-19(26)23(4)20(27)22(18)3;3-1(4)2(5)6/h7-10,14-15,21H,5-6,11-13H2,1-4H3;(H,3,4)(H,5,6). The van der Waals surface area contributed by atoms with E-state index in [0.717, 1.165) is 36.1 Å². The van der Waals surface area contributed by atoms with E-state index in [9.17, 15) is 19.7 Å². The Morgan fingerprint density at radius 2 is 1.63 bits per heavy atom. The van der Waals surface area contributed by atoms with Crippen LogP contribution in [-0.2, 0) is 30.1 Å². The van der Waals surface area contributed by atoms with E-state index in [0.29, 0.717) is 18.4 Å². The summed E-state index contributed by atoms with van der Waals surface area (Å²) in [5.41, 5.74) is 0.490. The molecule has 0 saturated carbocycles. The highest BCUT2D eigenvalue weighted by atomic mass is 16.6. The Hall–Kier alpha value is -4.00. The molecule has 0 bridgehead atoms. The van der Waals surface area contributed by atoms with Crippen LogP contribution in [0.15, 0.2) is 39.9 Å². The van der Waals surface area contributed by atoms with E-state index in [-0.39, 0.29) is 16.9 Å². The second-order valence-electron chi connectivity index (χ2n) is 7.96. The number of carboxylic acid groups (broad SMARTS) is 2. The molecule has 0 amide bonds. The van der Waals surface area contributed by atoms with Crippen LogP contribution in [0.5, 0.6) is 0 Å². The molecule has 0 radical (unpaired) electrons. The summed E-state index contributed by atoms with van der Waals surface area (Å²) in [7, 11) is 3.09. The number of aryl methyl sites for hydroxylation is 1. The fraction of sp³-hybridized carbons (Fsp3) is 0.455. The van der Waals surface area contributed by atoms with E-state index in [1.54, 1.807) is 19.2 Å². The van der Waals surface area contributed by atoms with Gasteiger partial charge in [-0.15, -0.1) is 0 Å². The van der Waals surface area contributed by atoms with Gasteiger partial charge in [0.2, 0.25) is 0 Å². The number of non-ortho nitro benzene ring substituents is 1. The molecular formula is C22H31N5O8. The number of nitro groups is 1. The van der Waals surface area contributed by atoms with Gasteiger partial charge in [-0.25, -0.2) is 14.4 Å². The van der Waals surface area contributed by atoms with E-state index in [2.05, 4.69) is 24.1 Å². The lowest BCUT2D eigenvalue weighted by atomic mass is 10.1. The summed E-state index contributed by atoms with van der Waals surface area (Å²) in [5, 5.41) is 28.7. The van der Waals surface area contributed by atoms with Crippen LogP contribution in [-0.4, -0.2) is 66.8 Å². The highest BCUT2D eigenvalue weighted by molar-refractivity contribution is 6.27. The lowest BCUT2D eigenvalue weighted by molar-refractivity contribution is -0.384. The molecule has 2 aromatic rings. The van der Waals surface area contributed by atoms with Crippen molar-refractivity contribution in [3.8, 4) is 0 Å². The van der Waals surface area contributed by atoms with E-state index < -0.39 is 16.9 Å². The van der Waals surface area contributed by atoms with Crippen LogP contribution in [0.2, 0.25) is 0 Å². The van der Waals surface area contributed by atoms with Crippen molar-refractivity contribution in [1.29, 1.82) is 0 Å². The molecule has 3 N–H and O–H groups in total. The SMILES string of the molecule is CC(C)N(CCCc1ccc([N+](=O)[O-])cc1)CCNc1cc(=O)n(C)c(=O)n1C.O=C(O)C(=O)O. The summed E-state index contributed by atoms with van der Waals surface area (Å²) in [5.74, 6) is -3.14. The molecule has 1 aromatic heterocycles. The number of nitrogens with one attached hydrogen (secondary N) is 1. The maximum atomic E-state index is 12.0. The van der Waals surface area contributed by atoms with Gasteiger partial charge in [0.05, 0.1) is 4.92 Å². The quantitative estimate of drug-likeness (QED) is 0.245. The van der Waals surface area contributed by atoms with Gasteiger partial charge in [-0.1, -0.05) is 12.1 Å². The first-order chi connectivity index (χ1) is 16.3. The van der Waals surface area contributed by atoms with Crippen molar-refractivity contribution in [2.45, 2.75) is 32.7 Å². The minimum Gasteiger partial charge on any atom is -0.473 e. The summed E-state index contributed by atoms with van der Waals surface area (Å²) < 4.78 is 2.50. The molecule has 0 fully saturated rings. The van der Waals surface area contributed by atoms with Gasteiger partial charge in [0.25, 0.3) is 11.2 Å². The number of hydrogen-bond acceptors (Lipinski definition) is 8. The summed E-state index contributed by atoms with van der Waals surface area (Å²) in [6.07, 6.45) is 1.78. The number of aromatic nitrogens is 2. The van der Waals surface area contributed by atoms with Gasteiger partial charge in [-0.3, -0.25) is 28.9 Å². The average Bonchev–Trinajstić information content (AvgIpc) is 2.80. The largest absolute Gasteiger partial charge is 0.473 e. The maximum absolute atomic E-state index is 12.0. The van der Waals surface area contributed by atoms with Gasteiger partial charge in [0.15, 0.2) is 0 Å². The number of benzene rings is 1. The zero-order valence-corrected chi connectivity index (χ0v) is 20.1. The molecule has 13 heteroatoms. The summed E-state index contributed by atoms with van der Waals surface area (Å²) >= 11 is 0. The van der Waals surface area contributed by atoms with Crippen LogP contribution in [0.4, 0.5) is 11.5 Å². The molecule has 13 nitrogen and oxygen atoms in total. The molecular weight excluding hydrogens is 462 g/mol. The molecule has 1 heterocycles. The van der Waals surface area contributed by atoms with Crippen molar-refractivity contribution in [3.63, 3.8) is 0 Å². The summed E-state index contributed by atoms with van der Waals surface area (Å²) in [6.45, 7) is 6.50. The third-order valence-corrected chi connectivity index (χ3v) is 5.20. The first-order valence-electron chi connectivity index (χ1n) is 10.8. The molecule has 0 atom stereocenters. The van der Waals surface area contributed by atoms with E-state index in [1.165, 1.54) is 29.8 Å². The molecule has 0 unspecified atom stereocenters. The lowest BCUT2D eigenvalue weighted by Crippen LogP contribution is -2.39. The number of anilines is 1. The molecule has 0 aliphatic rings. The molecule has 0 spiro atoms. The number of carboxylic acids is 2. The normalized spacial score (nSPS) is 10.6. The number of nitro benzene ring substituents is 1.